The molecule has 2 atom stereocenters. The second-order valence-corrected chi connectivity index (χ2v) is 3.53. The highest BCUT2D eigenvalue weighted by Gasteiger charge is 2.18. The van der Waals surface area contributed by atoms with Crippen molar-refractivity contribution >= 4 is 11.9 Å². The fourth-order valence-corrected chi connectivity index (χ4v) is 1.29. The van der Waals surface area contributed by atoms with Gasteiger partial charge in [-0.3, -0.25) is 4.79 Å². The predicted octanol–water partition coefficient (Wildman–Crippen LogP) is 0.354. The Morgan fingerprint density at radius 1 is 1.33 bits per heavy atom. The van der Waals surface area contributed by atoms with Gasteiger partial charge in [-0.1, -0.05) is 13.8 Å². The van der Waals surface area contributed by atoms with Crippen molar-refractivity contribution in [2.24, 2.45) is 0 Å². The van der Waals surface area contributed by atoms with Crippen molar-refractivity contribution in [3.8, 4) is 0 Å². The van der Waals surface area contributed by atoms with Gasteiger partial charge in [0.1, 0.15) is 6.04 Å². The third kappa shape index (κ3) is 6.06. The molecule has 88 valence electrons. The number of hydrogen-bond acceptors (Lipinski definition) is 3. The fraction of sp³-hybridized carbons (Fsp3) is 0.800. The van der Waals surface area contributed by atoms with Gasteiger partial charge in [0, 0.05) is 12.5 Å². The Morgan fingerprint density at radius 2 is 1.93 bits per heavy atom. The van der Waals surface area contributed by atoms with Crippen molar-refractivity contribution in [3.05, 3.63) is 0 Å². The Labute approximate surface area is 90.2 Å². The van der Waals surface area contributed by atoms with Crippen LogP contribution in [0.3, 0.4) is 0 Å². The van der Waals surface area contributed by atoms with E-state index in [4.69, 9.17) is 5.11 Å². The van der Waals surface area contributed by atoms with Gasteiger partial charge in [-0.25, -0.2) is 4.79 Å². The number of rotatable bonds is 7. The van der Waals surface area contributed by atoms with Gasteiger partial charge in [0.2, 0.25) is 5.91 Å². The van der Waals surface area contributed by atoms with Gasteiger partial charge < -0.3 is 15.7 Å². The normalized spacial score (nSPS) is 14.3. The summed E-state index contributed by atoms with van der Waals surface area (Å²) >= 11 is 0. The minimum Gasteiger partial charge on any atom is -0.480 e. The van der Waals surface area contributed by atoms with E-state index >= 15 is 0 Å². The highest BCUT2D eigenvalue weighted by Crippen LogP contribution is 1.95. The average Bonchev–Trinajstić information content (AvgIpc) is 2.13. The van der Waals surface area contributed by atoms with E-state index in [1.165, 1.54) is 0 Å². The van der Waals surface area contributed by atoms with Crippen LogP contribution in [0.5, 0.6) is 0 Å². The molecule has 5 heteroatoms. The van der Waals surface area contributed by atoms with Crippen molar-refractivity contribution in [2.45, 2.75) is 45.7 Å². The number of hydrogen-bond donors (Lipinski definition) is 3. The maximum atomic E-state index is 11.4. The molecule has 0 heterocycles. The first-order chi connectivity index (χ1) is 7.01. The molecule has 15 heavy (non-hydrogen) atoms. The Kier molecular flexibility index (Phi) is 6.70. The lowest BCUT2D eigenvalue weighted by molar-refractivity contribution is -0.142. The van der Waals surface area contributed by atoms with E-state index in [1.807, 2.05) is 13.8 Å². The van der Waals surface area contributed by atoms with E-state index in [0.29, 0.717) is 12.8 Å². The molecular formula is C10H20N2O3. The van der Waals surface area contributed by atoms with Crippen molar-refractivity contribution in [1.82, 2.24) is 10.6 Å². The number of carboxylic acids is 1. The first-order valence-electron chi connectivity index (χ1n) is 5.26. The van der Waals surface area contributed by atoms with Gasteiger partial charge in [-0.2, -0.15) is 0 Å². The Morgan fingerprint density at radius 3 is 2.33 bits per heavy atom. The molecule has 0 aliphatic rings. The van der Waals surface area contributed by atoms with Gasteiger partial charge in [0.25, 0.3) is 0 Å². The quantitative estimate of drug-likeness (QED) is 0.574. The summed E-state index contributed by atoms with van der Waals surface area (Å²) in [7, 11) is 0. The Balaban J connectivity index is 3.96. The molecule has 0 aromatic heterocycles. The summed E-state index contributed by atoms with van der Waals surface area (Å²) < 4.78 is 0. The van der Waals surface area contributed by atoms with Crippen molar-refractivity contribution in [3.63, 3.8) is 0 Å². The van der Waals surface area contributed by atoms with Crippen LogP contribution in [0.2, 0.25) is 0 Å². The second-order valence-electron chi connectivity index (χ2n) is 3.53. The monoisotopic (exact) mass is 216 g/mol. The van der Waals surface area contributed by atoms with Crippen LogP contribution in [0.15, 0.2) is 0 Å². The molecule has 0 fully saturated rings. The largest absolute Gasteiger partial charge is 0.480 e. The molecule has 0 spiro atoms. The SMILES string of the molecule is CCNC(C)CC(=O)N[C@@H](CC)C(=O)O. The smallest absolute Gasteiger partial charge is 0.326 e. The number of amides is 1. The van der Waals surface area contributed by atoms with E-state index in [1.54, 1.807) is 6.92 Å². The zero-order chi connectivity index (χ0) is 11.8. The Hall–Kier alpha value is -1.10. The molecule has 0 aliphatic carbocycles. The maximum absolute atomic E-state index is 11.4. The zero-order valence-corrected chi connectivity index (χ0v) is 9.54. The molecule has 0 saturated carbocycles. The molecule has 0 saturated heterocycles. The van der Waals surface area contributed by atoms with Gasteiger partial charge in [0.15, 0.2) is 0 Å². The molecule has 0 aromatic carbocycles. The number of aliphatic carboxylic acids is 1. The van der Waals surface area contributed by atoms with Gasteiger partial charge in [0.05, 0.1) is 0 Å². The molecule has 0 bridgehead atoms. The molecule has 0 radical (unpaired) electrons. The topological polar surface area (TPSA) is 78.4 Å². The molecule has 3 N–H and O–H groups in total. The van der Waals surface area contributed by atoms with Crippen LogP contribution in [0.4, 0.5) is 0 Å². The van der Waals surface area contributed by atoms with Crippen LogP contribution >= 0.6 is 0 Å². The molecule has 5 nitrogen and oxygen atoms in total. The summed E-state index contributed by atoms with van der Waals surface area (Å²) in [6.07, 6.45) is 0.703. The summed E-state index contributed by atoms with van der Waals surface area (Å²) in [5.41, 5.74) is 0. The lowest BCUT2D eigenvalue weighted by Crippen LogP contribution is -2.42. The van der Waals surface area contributed by atoms with Crippen LogP contribution in [-0.4, -0.2) is 35.6 Å². The lowest BCUT2D eigenvalue weighted by Gasteiger charge is -2.15. The lowest BCUT2D eigenvalue weighted by atomic mass is 10.2. The molecule has 0 aliphatic heterocycles. The van der Waals surface area contributed by atoms with Gasteiger partial charge in [-0.05, 0) is 19.9 Å². The number of nitrogens with one attached hydrogen (secondary N) is 2. The standard InChI is InChI=1S/C10H20N2O3/c1-4-8(10(14)15)12-9(13)6-7(3)11-5-2/h7-8,11H,4-6H2,1-3H3,(H,12,13)(H,14,15)/t7?,8-/m0/s1. The first-order valence-corrected chi connectivity index (χ1v) is 5.26. The summed E-state index contributed by atoms with van der Waals surface area (Å²) in [4.78, 5) is 22.0. The third-order valence-electron chi connectivity index (χ3n) is 2.09. The van der Waals surface area contributed by atoms with Crippen molar-refractivity contribution in [1.29, 1.82) is 0 Å². The Bertz CT molecular complexity index is 219. The van der Waals surface area contributed by atoms with E-state index < -0.39 is 12.0 Å². The second kappa shape index (κ2) is 7.23. The molecule has 1 amide bonds. The van der Waals surface area contributed by atoms with Crippen LogP contribution in [0.1, 0.15) is 33.6 Å². The van der Waals surface area contributed by atoms with E-state index in [2.05, 4.69) is 10.6 Å². The summed E-state index contributed by atoms with van der Waals surface area (Å²) in [6.45, 7) is 6.38. The minimum absolute atomic E-state index is 0.0706. The average molecular weight is 216 g/mol. The van der Waals surface area contributed by atoms with Crippen LogP contribution < -0.4 is 10.6 Å². The van der Waals surface area contributed by atoms with Crippen LogP contribution in [0, 0.1) is 0 Å². The molecule has 1 unspecified atom stereocenters. The summed E-state index contributed by atoms with van der Waals surface area (Å²) in [5.74, 6) is -1.21. The molecule has 0 aromatic rings. The van der Waals surface area contributed by atoms with Crippen molar-refractivity contribution < 1.29 is 14.7 Å². The van der Waals surface area contributed by atoms with E-state index in [-0.39, 0.29) is 11.9 Å². The minimum atomic E-state index is -0.984. The van der Waals surface area contributed by atoms with Crippen LogP contribution in [0.25, 0.3) is 0 Å². The number of carbonyl (C=O) groups excluding carboxylic acids is 1. The third-order valence-corrected chi connectivity index (χ3v) is 2.09. The first kappa shape index (κ1) is 13.9. The fourth-order valence-electron chi connectivity index (χ4n) is 1.29. The van der Waals surface area contributed by atoms with Gasteiger partial charge in [-0.15, -0.1) is 0 Å². The zero-order valence-electron chi connectivity index (χ0n) is 9.54. The highest BCUT2D eigenvalue weighted by molar-refractivity contribution is 5.83. The van der Waals surface area contributed by atoms with Crippen LogP contribution in [-0.2, 0) is 9.59 Å². The predicted molar refractivity (Wildman–Crippen MR) is 57.6 cm³/mol. The maximum Gasteiger partial charge on any atom is 0.326 e. The highest BCUT2D eigenvalue weighted by atomic mass is 16.4. The molecule has 0 rings (SSSR count). The number of carboxylic acid groups (broad SMARTS) is 1. The number of carbonyl (C=O) groups is 2. The van der Waals surface area contributed by atoms with E-state index in [9.17, 15) is 9.59 Å². The molecular weight excluding hydrogens is 196 g/mol. The van der Waals surface area contributed by atoms with Crippen molar-refractivity contribution in [2.75, 3.05) is 6.54 Å². The summed E-state index contributed by atoms with van der Waals surface area (Å²) in [5, 5.41) is 14.3. The van der Waals surface area contributed by atoms with E-state index in [0.717, 1.165) is 6.54 Å². The summed E-state index contributed by atoms with van der Waals surface area (Å²) in [6, 6.07) is -0.701. The van der Waals surface area contributed by atoms with Gasteiger partial charge >= 0.3 is 5.97 Å².